The zero-order chi connectivity index (χ0) is 30.4. The second kappa shape index (κ2) is 25.0. The van der Waals surface area contributed by atoms with Gasteiger partial charge in [0.25, 0.3) is 0 Å². The molecule has 0 aromatic carbocycles. The molecule has 0 spiro atoms. The van der Waals surface area contributed by atoms with Crippen molar-refractivity contribution in [1.82, 2.24) is 5.32 Å². The van der Waals surface area contributed by atoms with Crippen molar-refractivity contribution >= 4 is 25.7 Å². The standard InChI is InChI=1S/C14H29NO.C12H24NO9P.Na/c1-3-5-6-7-8-9-10-11-12-13-14(16)15-4-2;1-4-12(11(17)18,8-10(15)16)13(2,3)9-22-23(19,20)21-7-5-6-14;/h3-13H2,1-2H3,(H,15,16);14H,4-9H2,1-3H3,(H2-,15,16,17,18,19,20);/q;;+1/p-1. The van der Waals surface area contributed by atoms with E-state index in [4.69, 9.17) is 9.63 Å². The van der Waals surface area contributed by atoms with Gasteiger partial charge in [0.05, 0.1) is 20.7 Å². The van der Waals surface area contributed by atoms with Crippen LogP contribution in [0, 0.1) is 0 Å². The zero-order valence-corrected chi connectivity index (χ0v) is 28.5. The number of phosphoric ester groups is 1. The number of quaternary nitrogens is 1. The molecule has 2 unspecified atom stereocenters. The van der Waals surface area contributed by atoms with Crippen LogP contribution in [0.25, 0.3) is 0 Å². The topological polar surface area (TPSA) is 185 Å². The molecule has 232 valence electrons. The predicted molar refractivity (Wildman–Crippen MR) is 144 cm³/mol. The van der Waals surface area contributed by atoms with Crippen LogP contribution in [0.4, 0.5) is 0 Å². The van der Waals surface area contributed by atoms with Crippen molar-refractivity contribution in [2.24, 2.45) is 0 Å². The molecular weight excluding hydrogens is 554 g/mol. The van der Waals surface area contributed by atoms with Crippen LogP contribution in [0.3, 0.4) is 0 Å². The summed E-state index contributed by atoms with van der Waals surface area (Å²) in [6.45, 7) is 5.36. The van der Waals surface area contributed by atoms with Crippen LogP contribution in [0.15, 0.2) is 0 Å². The summed E-state index contributed by atoms with van der Waals surface area (Å²) in [7, 11) is -1.81. The van der Waals surface area contributed by atoms with Gasteiger partial charge in [0.2, 0.25) is 5.91 Å². The van der Waals surface area contributed by atoms with Crippen LogP contribution in [0.2, 0.25) is 0 Å². The quantitative estimate of drug-likeness (QED) is 0.0412. The van der Waals surface area contributed by atoms with Gasteiger partial charge in [0, 0.05) is 38.4 Å². The van der Waals surface area contributed by atoms with E-state index >= 15 is 0 Å². The molecule has 14 heteroatoms. The van der Waals surface area contributed by atoms with Crippen LogP contribution in [-0.2, 0) is 28.0 Å². The summed E-state index contributed by atoms with van der Waals surface area (Å²) in [6.07, 6.45) is 11.7. The summed E-state index contributed by atoms with van der Waals surface area (Å²) in [5.41, 5.74) is -1.90. The Morgan fingerprint density at radius 3 is 1.85 bits per heavy atom. The molecular formula is C26H52N2NaO10P. The second-order valence-electron chi connectivity index (χ2n) is 10.1. The number of phosphoric acid groups is 1. The molecule has 0 heterocycles. The van der Waals surface area contributed by atoms with Crippen molar-refractivity contribution in [1.29, 1.82) is 0 Å². The summed E-state index contributed by atoms with van der Waals surface area (Å²) in [5, 5.41) is 33.8. The van der Waals surface area contributed by atoms with E-state index in [0.717, 1.165) is 13.0 Å². The molecule has 0 aromatic rings. The second-order valence-corrected chi connectivity index (χ2v) is 11.5. The van der Waals surface area contributed by atoms with Crippen LogP contribution >= 0.6 is 7.82 Å². The van der Waals surface area contributed by atoms with E-state index in [-0.39, 0.29) is 61.5 Å². The molecule has 0 fully saturated rings. The number of aliphatic hydroxyl groups is 1. The fourth-order valence-electron chi connectivity index (χ4n) is 3.97. The van der Waals surface area contributed by atoms with Gasteiger partial charge in [0.15, 0.2) is 6.73 Å². The van der Waals surface area contributed by atoms with Crippen LogP contribution < -0.4 is 45.1 Å². The Morgan fingerprint density at radius 2 is 1.43 bits per heavy atom. The number of nitrogens with zero attached hydrogens (tertiary/aromatic N) is 1. The van der Waals surface area contributed by atoms with E-state index in [1.807, 2.05) is 6.92 Å². The number of rotatable bonds is 23. The number of carbonyl (C=O) groups excluding carboxylic acids is 3. The molecule has 0 rings (SSSR count). The van der Waals surface area contributed by atoms with Gasteiger partial charge in [-0.3, -0.25) is 13.8 Å². The van der Waals surface area contributed by atoms with Crippen molar-refractivity contribution in [3.8, 4) is 0 Å². The Bertz CT molecular complexity index is 742. The molecule has 0 saturated carbocycles. The number of likely N-dealkylation sites (N-methyl/N-ethyl adjacent to an activating group) is 1. The van der Waals surface area contributed by atoms with Gasteiger partial charge in [-0.15, -0.1) is 0 Å². The molecule has 0 aliphatic carbocycles. The molecule has 0 aliphatic heterocycles. The van der Waals surface area contributed by atoms with Crippen molar-refractivity contribution in [2.75, 3.05) is 40.6 Å². The number of unbranched alkanes of at least 4 members (excludes halogenated alkanes) is 8. The summed E-state index contributed by atoms with van der Waals surface area (Å²) in [6, 6.07) is 0. The van der Waals surface area contributed by atoms with E-state index < -0.39 is 42.9 Å². The SMILES string of the molecule is CCC(CC(=O)[O-])(C(=O)[O-])[N+](C)(C)COP(=O)(O)OCCCO.CCCCCCCCCCCC(=O)NCC.[Na+]. The van der Waals surface area contributed by atoms with Crippen LogP contribution in [-0.4, -0.2) is 78.5 Å². The molecule has 40 heavy (non-hydrogen) atoms. The maximum atomic E-state index is 11.7. The Hall–Kier alpha value is -0.560. The summed E-state index contributed by atoms with van der Waals surface area (Å²) < 4.78 is 20.4. The minimum absolute atomic E-state index is 0. The first-order chi connectivity index (χ1) is 18.2. The normalized spacial score (nSPS) is 14.1. The molecule has 12 nitrogen and oxygen atoms in total. The Labute approximate surface area is 262 Å². The van der Waals surface area contributed by atoms with Crippen LogP contribution in [0.5, 0.6) is 0 Å². The molecule has 0 aliphatic rings. The minimum atomic E-state index is -4.47. The van der Waals surface area contributed by atoms with Gasteiger partial charge < -0.3 is 35.1 Å². The first kappa shape index (κ1) is 43.9. The van der Waals surface area contributed by atoms with Gasteiger partial charge in [-0.05, 0) is 19.8 Å². The number of carbonyl (C=O) groups is 3. The molecule has 0 radical (unpaired) electrons. The smallest absolute Gasteiger partial charge is 0.550 e. The van der Waals surface area contributed by atoms with Crippen molar-refractivity contribution in [3.05, 3.63) is 0 Å². The van der Waals surface area contributed by atoms with Gasteiger partial charge in [-0.1, -0.05) is 65.2 Å². The summed E-state index contributed by atoms with van der Waals surface area (Å²) in [4.78, 5) is 43.0. The Kier molecular flexibility index (Phi) is 27.4. The number of nitrogens with one attached hydrogen (secondary N) is 1. The molecule has 0 bridgehead atoms. The first-order valence-corrected chi connectivity index (χ1v) is 15.5. The number of carboxylic acids is 2. The van der Waals surface area contributed by atoms with Crippen molar-refractivity contribution in [2.45, 2.75) is 110 Å². The maximum absolute atomic E-state index is 11.7. The average molecular weight is 607 g/mol. The first-order valence-electron chi connectivity index (χ1n) is 14.0. The number of amides is 1. The number of hydrogen-bond acceptors (Lipinski definition) is 9. The van der Waals surface area contributed by atoms with Crippen molar-refractivity contribution in [3.63, 3.8) is 0 Å². The monoisotopic (exact) mass is 606 g/mol. The third kappa shape index (κ3) is 20.3. The van der Waals surface area contributed by atoms with E-state index in [9.17, 15) is 34.1 Å². The van der Waals surface area contributed by atoms with Crippen molar-refractivity contribution < 1.29 is 82.2 Å². The van der Waals surface area contributed by atoms with Gasteiger partial charge in [-0.25, -0.2) is 9.09 Å². The number of aliphatic carboxylic acids is 2. The zero-order valence-electron chi connectivity index (χ0n) is 25.6. The number of carboxylic acid groups (broad SMARTS) is 2. The molecule has 3 N–H and O–H groups in total. The molecule has 0 aromatic heterocycles. The van der Waals surface area contributed by atoms with E-state index in [0.29, 0.717) is 6.42 Å². The van der Waals surface area contributed by atoms with Gasteiger partial charge >= 0.3 is 37.4 Å². The fraction of sp³-hybridized carbons (Fsp3) is 0.885. The third-order valence-corrected chi connectivity index (χ3v) is 7.49. The van der Waals surface area contributed by atoms with E-state index in [2.05, 4.69) is 16.8 Å². The molecule has 2 atom stereocenters. The Balaban J connectivity index is -0.000000710. The summed E-state index contributed by atoms with van der Waals surface area (Å²) >= 11 is 0. The largest absolute Gasteiger partial charge is 1.00 e. The summed E-state index contributed by atoms with van der Waals surface area (Å²) in [5.74, 6) is -3.01. The van der Waals surface area contributed by atoms with Gasteiger partial charge in [0.1, 0.15) is 11.5 Å². The molecule has 1 amide bonds. The molecule has 0 saturated heterocycles. The predicted octanol–water partition coefficient (Wildman–Crippen LogP) is -1.38. The minimum Gasteiger partial charge on any atom is -0.550 e. The van der Waals surface area contributed by atoms with E-state index in [1.54, 1.807) is 0 Å². The van der Waals surface area contributed by atoms with E-state index in [1.165, 1.54) is 72.4 Å². The number of hydrogen-bond donors (Lipinski definition) is 3. The average Bonchev–Trinajstić information content (AvgIpc) is 2.85. The maximum Gasteiger partial charge on any atom is 1.00 e. The number of aliphatic hydroxyl groups excluding tert-OH is 1. The Morgan fingerprint density at radius 1 is 0.900 bits per heavy atom. The third-order valence-electron chi connectivity index (χ3n) is 6.54. The fourth-order valence-corrected chi connectivity index (χ4v) is 4.84. The van der Waals surface area contributed by atoms with Gasteiger partial charge in [-0.2, -0.15) is 0 Å². The van der Waals surface area contributed by atoms with Crippen LogP contribution in [0.1, 0.15) is 104 Å².